The molecule has 7 heteroatoms. The molecule has 0 aromatic carbocycles. The van der Waals surface area contributed by atoms with Gasteiger partial charge in [0.05, 0.1) is 5.66 Å². The van der Waals surface area contributed by atoms with Gasteiger partial charge < -0.3 is 30.9 Å². The number of aldehydes is 1. The molecule has 1 aliphatic rings. The van der Waals surface area contributed by atoms with Crippen LogP contribution < -0.4 is 11.5 Å². The van der Waals surface area contributed by atoms with E-state index in [2.05, 4.69) is 6.92 Å². The van der Waals surface area contributed by atoms with Gasteiger partial charge in [0.2, 0.25) is 0 Å². The molecule has 1 unspecified atom stereocenters. The van der Waals surface area contributed by atoms with E-state index in [1.165, 1.54) is 19.3 Å². The van der Waals surface area contributed by atoms with Crippen molar-refractivity contribution in [1.82, 2.24) is 0 Å². The molecule has 0 aromatic rings. The van der Waals surface area contributed by atoms with Crippen molar-refractivity contribution in [3.8, 4) is 0 Å². The molecule has 0 spiro atoms. The van der Waals surface area contributed by atoms with Crippen molar-refractivity contribution in [2.45, 2.75) is 64.0 Å². The second kappa shape index (κ2) is 10.6. The first kappa shape index (κ1) is 19.9. The average Bonchev–Trinajstić information content (AvgIpc) is 2.40. The first-order valence-electron chi connectivity index (χ1n) is 7.26. The highest BCUT2D eigenvalue weighted by atomic mass is 31.2. The Kier molecular flexibility index (Phi) is 10.5. The van der Waals surface area contributed by atoms with Gasteiger partial charge in [-0.2, -0.15) is 0 Å². The third-order valence-electron chi connectivity index (χ3n) is 3.99. The largest absolute Gasteiger partial charge is 0.328 e. The number of hydrogen-bond donors (Lipinski definition) is 5. The number of carbonyl (C=O) groups excluding carboxylic acids is 1. The van der Waals surface area contributed by atoms with Gasteiger partial charge in [0.15, 0.2) is 0 Å². The lowest BCUT2D eigenvalue weighted by Gasteiger charge is -2.40. The van der Waals surface area contributed by atoms with E-state index in [1.54, 1.807) is 0 Å². The summed E-state index contributed by atoms with van der Waals surface area (Å²) < 4.78 is 0. The van der Waals surface area contributed by atoms with Crippen LogP contribution in [0.2, 0.25) is 0 Å². The summed E-state index contributed by atoms with van der Waals surface area (Å²) in [5.41, 5.74) is 11.7. The third kappa shape index (κ3) is 7.62. The van der Waals surface area contributed by atoms with Crippen molar-refractivity contribution < 1.29 is 19.5 Å². The van der Waals surface area contributed by atoms with E-state index in [1.807, 2.05) is 0 Å². The van der Waals surface area contributed by atoms with Gasteiger partial charge in [-0.1, -0.05) is 39.0 Å². The highest BCUT2D eigenvalue weighted by molar-refractivity contribution is 7.38. The van der Waals surface area contributed by atoms with Crippen LogP contribution in [0.4, 0.5) is 0 Å². The van der Waals surface area contributed by atoms with Crippen LogP contribution in [0.3, 0.4) is 0 Å². The van der Waals surface area contributed by atoms with Gasteiger partial charge in [-0.15, -0.1) is 0 Å². The predicted octanol–water partition coefficient (Wildman–Crippen LogP) is 1.38. The Morgan fingerprint density at radius 2 is 1.75 bits per heavy atom. The Hall–Kier alpha value is -0.1000. The second-order valence-electron chi connectivity index (χ2n) is 5.49. The molecule has 7 N–H and O–H groups in total. The topological polar surface area (TPSA) is 130 Å². The van der Waals surface area contributed by atoms with Gasteiger partial charge in [-0.3, -0.25) is 0 Å². The fraction of sp³-hybridized carbons (Fsp3) is 0.923. The molecular weight excluding hydrogens is 279 g/mol. The summed E-state index contributed by atoms with van der Waals surface area (Å²) in [5.74, 6) is 0.156. The zero-order valence-corrected chi connectivity index (χ0v) is 13.1. The van der Waals surface area contributed by atoms with E-state index < -0.39 is 14.3 Å². The zero-order chi connectivity index (χ0) is 15.6. The fourth-order valence-electron chi connectivity index (χ4n) is 2.77. The molecule has 0 saturated heterocycles. The molecule has 1 rings (SSSR count). The predicted molar refractivity (Wildman–Crippen MR) is 80.3 cm³/mol. The molecule has 0 bridgehead atoms. The summed E-state index contributed by atoms with van der Waals surface area (Å²) in [5, 5.41) is 0. The van der Waals surface area contributed by atoms with Gasteiger partial charge >= 0.3 is 8.60 Å². The smallest absolute Gasteiger partial charge is 0.324 e. The molecule has 1 saturated carbocycles. The van der Waals surface area contributed by atoms with Gasteiger partial charge in [0.25, 0.3) is 0 Å². The fourth-order valence-corrected chi connectivity index (χ4v) is 2.77. The molecule has 20 heavy (non-hydrogen) atoms. The summed E-state index contributed by atoms with van der Waals surface area (Å²) in [6.45, 7) is 2.12. The summed E-state index contributed by atoms with van der Waals surface area (Å²) in [7, 11) is -2.62. The summed E-state index contributed by atoms with van der Waals surface area (Å²) in [6.07, 6.45) is 9.81. The van der Waals surface area contributed by atoms with Gasteiger partial charge in [-0.05, 0) is 25.2 Å². The number of rotatable bonds is 6. The molecule has 120 valence electrons. The normalized spacial score (nSPS) is 18.4. The number of nitrogens with two attached hydrogens (primary N) is 2. The third-order valence-corrected chi connectivity index (χ3v) is 3.99. The minimum Gasteiger partial charge on any atom is -0.328 e. The first-order chi connectivity index (χ1) is 9.36. The van der Waals surface area contributed by atoms with Crippen LogP contribution in [0.1, 0.15) is 58.3 Å². The van der Waals surface area contributed by atoms with Crippen LogP contribution in [0, 0.1) is 11.8 Å². The van der Waals surface area contributed by atoms with E-state index in [9.17, 15) is 4.79 Å². The molecule has 1 atom stereocenters. The van der Waals surface area contributed by atoms with Crippen LogP contribution in [0.15, 0.2) is 0 Å². The molecule has 0 radical (unpaired) electrons. The van der Waals surface area contributed by atoms with Gasteiger partial charge in [0, 0.05) is 5.92 Å². The Bertz CT molecular complexity index is 256. The molecule has 1 fully saturated rings. The SMILES string of the molecule is CCCCC(C=O)C(N)(N)C1CCCCC1.OP(O)O. The van der Waals surface area contributed by atoms with E-state index >= 15 is 0 Å². The van der Waals surface area contributed by atoms with Crippen LogP contribution in [-0.2, 0) is 4.79 Å². The van der Waals surface area contributed by atoms with Crippen molar-refractivity contribution in [3.05, 3.63) is 0 Å². The maximum Gasteiger partial charge on any atom is 0.324 e. The quantitative estimate of drug-likeness (QED) is 0.286. The molecule has 6 nitrogen and oxygen atoms in total. The lowest BCUT2D eigenvalue weighted by Crippen LogP contribution is -2.61. The van der Waals surface area contributed by atoms with E-state index in [0.717, 1.165) is 38.4 Å². The zero-order valence-electron chi connectivity index (χ0n) is 12.2. The highest BCUT2D eigenvalue weighted by Crippen LogP contribution is 2.33. The van der Waals surface area contributed by atoms with Crippen LogP contribution in [0.5, 0.6) is 0 Å². The van der Waals surface area contributed by atoms with Crippen LogP contribution in [-0.4, -0.2) is 26.6 Å². The van der Waals surface area contributed by atoms with Crippen molar-refractivity contribution in [3.63, 3.8) is 0 Å². The monoisotopic (exact) mass is 308 g/mol. The minimum absolute atomic E-state index is 0.171. The minimum atomic E-state index is -2.62. The van der Waals surface area contributed by atoms with E-state index in [4.69, 9.17) is 26.1 Å². The molecule has 0 amide bonds. The molecular formula is C13H29N2O4P. The highest BCUT2D eigenvalue weighted by Gasteiger charge is 2.38. The van der Waals surface area contributed by atoms with Crippen molar-refractivity contribution >= 4 is 14.9 Å². The van der Waals surface area contributed by atoms with Gasteiger partial charge in [-0.25, -0.2) is 0 Å². The average molecular weight is 308 g/mol. The summed E-state index contributed by atoms with van der Waals surface area (Å²) in [6, 6.07) is 0. The molecule has 0 heterocycles. The standard InChI is InChI=1S/C13H26N2O.H3O3P/c1-2-3-7-12(10-16)13(14,15)11-8-5-4-6-9-11;1-4(2)3/h10-12H,2-9,14-15H2,1H3;1-3H. The van der Waals surface area contributed by atoms with Crippen LogP contribution >= 0.6 is 8.60 Å². The number of carbonyl (C=O) groups is 1. The second-order valence-corrected chi connectivity index (χ2v) is 6.02. The molecule has 0 aromatic heterocycles. The van der Waals surface area contributed by atoms with Gasteiger partial charge in [0.1, 0.15) is 6.29 Å². The van der Waals surface area contributed by atoms with E-state index in [0.29, 0.717) is 5.92 Å². The first-order valence-corrected chi connectivity index (χ1v) is 8.46. The van der Waals surface area contributed by atoms with Crippen LogP contribution in [0.25, 0.3) is 0 Å². The Labute approximate surface area is 122 Å². The van der Waals surface area contributed by atoms with Crippen molar-refractivity contribution in [2.75, 3.05) is 0 Å². The summed E-state index contributed by atoms with van der Waals surface area (Å²) >= 11 is 0. The van der Waals surface area contributed by atoms with Crippen molar-refractivity contribution in [2.24, 2.45) is 23.3 Å². The van der Waals surface area contributed by atoms with Crippen molar-refractivity contribution in [1.29, 1.82) is 0 Å². The molecule has 1 aliphatic carbocycles. The number of hydrogen-bond acceptors (Lipinski definition) is 6. The lowest BCUT2D eigenvalue weighted by atomic mass is 9.73. The maximum atomic E-state index is 11.1. The number of unbranched alkanes of at least 4 members (excludes halogenated alkanes) is 1. The Morgan fingerprint density at radius 3 is 2.15 bits per heavy atom. The lowest BCUT2D eigenvalue weighted by molar-refractivity contribution is -0.114. The Morgan fingerprint density at radius 1 is 1.25 bits per heavy atom. The maximum absolute atomic E-state index is 11.1. The molecule has 0 aliphatic heterocycles. The summed E-state index contributed by atoms with van der Waals surface area (Å²) in [4.78, 5) is 32.8. The Balaban J connectivity index is 0.000000796. The van der Waals surface area contributed by atoms with E-state index in [-0.39, 0.29) is 5.92 Å².